The van der Waals surface area contributed by atoms with Crippen LogP contribution in [0.3, 0.4) is 0 Å². The Labute approximate surface area is 114 Å². The van der Waals surface area contributed by atoms with Crippen molar-refractivity contribution >= 4 is 33.6 Å². The van der Waals surface area contributed by atoms with Gasteiger partial charge in [-0.25, -0.2) is 5.06 Å². The van der Waals surface area contributed by atoms with E-state index in [0.717, 1.165) is 15.6 Å². The highest BCUT2D eigenvalue weighted by Gasteiger charge is 2.54. The van der Waals surface area contributed by atoms with Crippen LogP contribution in [0.25, 0.3) is 0 Å². The Hall–Kier alpha value is -0.690. The number of nitrogens with zero attached hydrogens (tertiary/aromatic N) is 2. The highest BCUT2D eigenvalue weighted by Crippen LogP contribution is 2.55. The molecule has 3 rings (SSSR count). The molecular formula is C12H14N2O2S2. The number of anilines is 1. The number of hydroxylamine groups is 1. The van der Waals surface area contributed by atoms with E-state index < -0.39 is 11.0 Å². The second-order valence-corrected chi connectivity index (χ2v) is 6.55. The summed E-state index contributed by atoms with van der Waals surface area (Å²) in [6, 6.07) is 7.95. The maximum atomic E-state index is 10.6. The molecule has 6 heteroatoms. The van der Waals surface area contributed by atoms with Gasteiger partial charge in [-0.3, -0.25) is 9.83 Å². The third kappa shape index (κ3) is 1.53. The van der Waals surface area contributed by atoms with Crippen LogP contribution in [0, 0.1) is 0 Å². The number of thioether (sulfide) groups is 2. The first-order valence-corrected chi connectivity index (χ1v) is 7.65. The Morgan fingerprint density at radius 3 is 3.00 bits per heavy atom. The van der Waals surface area contributed by atoms with Gasteiger partial charge >= 0.3 is 0 Å². The van der Waals surface area contributed by atoms with Crippen LogP contribution in [0.1, 0.15) is 5.56 Å². The minimum absolute atomic E-state index is 0.426. The molecule has 0 bridgehead atoms. The first-order valence-electron chi connectivity index (χ1n) is 5.61. The summed E-state index contributed by atoms with van der Waals surface area (Å²) >= 11 is 3.25. The van der Waals surface area contributed by atoms with Crippen LogP contribution < -0.4 is 5.06 Å². The first kappa shape index (κ1) is 12.3. The molecule has 1 aromatic carbocycles. The number of rotatable bonds is 1. The molecule has 96 valence electrons. The van der Waals surface area contributed by atoms with Gasteiger partial charge in [0.15, 0.2) is 6.23 Å². The lowest BCUT2D eigenvalue weighted by Gasteiger charge is -2.29. The maximum absolute atomic E-state index is 10.6. The summed E-state index contributed by atoms with van der Waals surface area (Å²) < 4.78 is 0.590. The molecule has 4 nitrogen and oxygen atoms in total. The number of fused-ring (bicyclic) bond motifs is 2. The zero-order valence-electron chi connectivity index (χ0n) is 10.2. The summed E-state index contributed by atoms with van der Waals surface area (Å²) in [6.45, 7) is 0.589. The average Bonchev–Trinajstić information content (AvgIpc) is 2.94. The monoisotopic (exact) mass is 282 g/mol. The molecule has 0 saturated carbocycles. The molecule has 0 radical (unpaired) electrons. The Morgan fingerprint density at radius 1 is 1.56 bits per heavy atom. The lowest BCUT2D eigenvalue weighted by Crippen LogP contribution is -2.43. The average molecular weight is 282 g/mol. The lowest BCUT2D eigenvalue weighted by molar-refractivity contribution is 0.0252. The van der Waals surface area contributed by atoms with Crippen molar-refractivity contribution in [3.05, 3.63) is 29.8 Å². The van der Waals surface area contributed by atoms with Crippen LogP contribution >= 0.6 is 23.5 Å². The minimum Gasteiger partial charge on any atom is -0.370 e. The molecule has 2 aliphatic rings. The van der Waals surface area contributed by atoms with Gasteiger partial charge in [-0.1, -0.05) is 30.0 Å². The third-order valence-corrected chi connectivity index (χ3v) is 5.78. The summed E-state index contributed by atoms with van der Waals surface area (Å²) in [4.78, 5) is 9.83. The molecule has 0 saturated heterocycles. The summed E-state index contributed by atoms with van der Waals surface area (Å²) in [5.41, 5.74) is 2.02. The highest BCUT2D eigenvalue weighted by molar-refractivity contribution is 8.39. The van der Waals surface area contributed by atoms with Crippen molar-refractivity contribution < 1.29 is 9.94 Å². The number of aliphatic imine (C=N–C) groups is 1. The zero-order valence-corrected chi connectivity index (χ0v) is 11.8. The Balaban J connectivity index is 2.07. The van der Waals surface area contributed by atoms with Crippen molar-refractivity contribution in [2.45, 2.75) is 11.0 Å². The summed E-state index contributed by atoms with van der Waals surface area (Å²) in [6.07, 6.45) is 1.30. The molecule has 0 fully saturated rings. The van der Waals surface area contributed by atoms with Crippen molar-refractivity contribution in [2.75, 3.05) is 25.0 Å². The lowest BCUT2D eigenvalue weighted by atomic mass is 9.99. The van der Waals surface area contributed by atoms with Gasteiger partial charge in [0.1, 0.15) is 9.12 Å². The molecule has 0 amide bonds. The number of aliphatic hydroxyl groups excluding tert-OH is 1. The minimum atomic E-state index is -0.710. The van der Waals surface area contributed by atoms with Gasteiger partial charge < -0.3 is 5.11 Å². The largest absolute Gasteiger partial charge is 0.370 e. The fourth-order valence-corrected chi connectivity index (χ4v) is 4.49. The number of hydrogen-bond donors (Lipinski definition) is 1. The Morgan fingerprint density at radius 2 is 2.33 bits per heavy atom. The maximum Gasteiger partial charge on any atom is 0.172 e. The van der Waals surface area contributed by atoms with E-state index in [1.54, 1.807) is 35.7 Å². The van der Waals surface area contributed by atoms with Crippen molar-refractivity contribution in [1.82, 2.24) is 0 Å². The van der Waals surface area contributed by atoms with E-state index in [-0.39, 0.29) is 0 Å². The molecule has 2 aliphatic heterocycles. The number of para-hydroxylation sites is 1. The Kier molecular flexibility index (Phi) is 3.05. The van der Waals surface area contributed by atoms with Gasteiger partial charge in [0.2, 0.25) is 0 Å². The third-order valence-electron chi connectivity index (χ3n) is 3.32. The van der Waals surface area contributed by atoms with Gasteiger partial charge in [-0.15, -0.1) is 11.8 Å². The first-order chi connectivity index (χ1) is 8.73. The van der Waals surface area contributed by atoms with Crippen LogP contribution in [0.4, 0.5) is 5.69 Å². The summed E-state index contributed by atoms with van der Waals surface area (Å²) in [5.74, 6) is 0. The highest BCUT2D eigenvalue weighted by atomic mass is 32.2. The van der Waals surface area contributed by atoms with Crippen LogP contribution in [-0.2, 0) is 9.58 Å². The van der Waals surface area contributed by atoms with E-state index in [4.69, 9.17) is 4.84 Å². The SMILES string of the molecule is CON1c2ccccc2[C@]2(CN=C(SC)S2)[C@H]1O. The van der Waals surface area contributed by atoms with Crippen LogP contribution in [-0.4, -0.2) is 35.6 Å². The van der Waals surface area contributed by atoms with E-state index in [1.807, 2.05) is 30.5 Å². The van der Waals surface area contributed by atoms with E-state index in [0.29, 0.717) is 6.54 Å². The quantitative estimate of drug-likeness (QED) is 0.854. The molecule has 2 atom stereocenters. The van der Waals surface area contributed by atoms with Gasteiger partial charge in [-0.2, -0.15) is 0 Å². The van der Waals surface area contributed by atoms with Crippen molar-refractivity contribution in [3.63, 3.8) is 0 Å². The Bertz CT molecular complexity index is 509. The molecule has 0 aliphatic carbocycles. The molecule has 18 heavy (non-hydrogen) atoms. The molecule has 1 aromatic rings. The predicted molar refractivity (Wildman–Crippen MR) is 77.0 cm³/mol. The predicted octanol–water partition coefficient (Wildman–Crippen LogP) is 2.05. The van der Waals surface area contributed by atoms with Crippen LogP contribution in [0.15, 0.2) is 29.3 Å². The normalized spacial score (nSPS) is 29.8. The van der Waals surface area contributed by atoms with Crippen LogP contribution in [0.5, 0.6) is 0 Å². The van der Waals surface area contributed by atoms with Crippen LogP contribution in [0.2, 0.25) is 0 Å². The summed E-state index contributed by atoms with van der Waals surface area (Å²) in [5, 5.41) is 12.1. The van der Waals surface area contributed by atoms with Gasteiger partial charge in [0.25, 0.3) is 0 Å². The molecule has 1 N–H and O–H groups in total. The smallest absolute Gasteiger partial charge is 0.172 e. The summed E-state index contributed by atoms with van der Waals surface area (Å²) in [7, 11) is 1.58. The number of hydrogen-bond acceptors (Lipinski definition) is 6. The molecule has 2 heterocycles. The van der Waals surface area contributed by atoms with E-state index in [9.17, 15) is 5.11 Å². The van der Waals surface area contributed by atoms with Gasteiger partial charge in [0.05, 0.1) is 19.3 Å². The molecular weight excluding hydrogens is 268 g/mol. The molecule has 0 unspecified atom stereocenters. The van der Waals surface area contributed by atoms with E-state index in [2.05, 4.69) is 4.99 Å². The molecule has 1 spiro atoms. The van der Waals surface area contributed by atoms with Crippen molar-refractivity contribution in [3.8, 4) is 0 Å². The zero-order chi connectivity index (χ0) is 12.8. The number of benzene rings is 1. The second-order valence-electron chi connectivity index (χ2n) is 4.18. The van der Waals surface area contributed by atoms with Gasteiger partial charge in [0, 0.05) is 5.56 Å². The standard InChI is InChI=1S/C12H14N2O2S2/c1-16-14-9-6-4-3-5-8(9)12(10(14)15)7-13-11(17-2)18-12/h3-6,10,15H,7H2,1-2H3/t10-,12-/m1/s1. The fourth-order valence-electron chi connectivity index (χ4n) is 2.47. The fraction of sp³-hybridized carbons (Fsp3) is 0.417. The van der Waals surface area contributed by atoms with E-state index in [1.165, 1.54) is 0 Å². The van der Waals surface area contributed by atoms with Crippen molar-refractivity contribution in [2.24, 2.45) is 4.99 Å². The molecule has 0 aromatic heterocycles. The van der Waals surface area contributed by atoms with E-state index >= 15 is 0 Å². The van der Waals surface area contributed by atoms with Crippen molar-refractivity contribution in [1.29, 1.82) is 0 Å². The second kappa shape index (κ2) is 4.45. The number of aliphatic hydroxyl groups is 1. The van der Waals surface area contributed by atoms with Gasteiger partial charge in [-0.05, 0) is 12.3 Å². The topological polar surface area (TPSA) is 45.1 Å².